The van der Waals surface area contributed by atoms with E-state index >= 15 is 0 Å². The molecule has 0 saturated carbocycles. The van der Waals surface area contributed by atoms with Crippen LogP contribution in [0.2, 0.25) is 0 Å². The summed E-state index contributed by atoms with van der Waals surface area (Å²) in [6.07, 6.45) is 6.10. The van der Waals surface area contributed by atoms with Gasteiger partial charge in [-0.2, -0.15) is 0 Å². The van der Waals surface area contributed by atoms with Gasteiger partial charge in [0.1, 0.15) is 0 Å². The fourth-order valence-electron chi connectivity index (χ4n) is 1.65. The first kappa shape index (κ1) is 8.24. The SMILES string of the molecule is CC1C=CC=NC1c1ccccc1. The van der Waals surface area contributed by atoms with Crippen LogP contribution in [-0.4, -0.2) is 6.21 Å². The molecule has 2 rings (SSSR count). The molecule has 1 aliphatic heterocycles. The van der Waals surface area contributed by atoms with Gasteiger partial charge < -0.3 is 0 Å². The summed E-state index contributed by atoms with van der Waals surface area (Å²) in [7, 11) is 0. The van der Waals surface area contributed by atoms with Crippen molar-refractivity contribution in [3.05, 3.63) is 48.0 Å². The van der Waals surface area contributed by atoms with Crippen molar-refractivity contribution in [2.45, 2.75) is 13.0 Å². The second-order valence-electron chi connectivity index (χ2n) is 3.40. The molecule has 0 bridgehead atoms. The number of hydrogen-bond acceptors (Lipinski definition) is 1. The van der Waals surface area contributed by atoms with Crippen LogP contribution in [0, 0.1) is 5.92 Å². The van der Waals surface area contributed by atoms with E-state index in [4.69, 9.17) is 0 Å². The molecule has 1 aromatic carbocycles. The van der Waals surface area contributed by atoms with Gasteiger partial charge in [0.05, 0.1) is 6.04 Å². The van der Waals surface area contributed by atoms with Gasteiger partial charge in [0.2, 0.25) is 0 Å². The predicted molar refractivity (Wildman–Crippen MR) is 56.0 cm³/mol. The number of nitrogens with zero attached hydrogens (tertiary/aromatic N) is 1. The van der Waals surface area contributed by atoms with Crippen LogP contribution in [0.25, 0.3) is 0 Å². The highest BCUT2D eigenvalue weighted by molar-refractivity contribution is 5.72. The molecule has 13 heavy (non-hydrogen) atoms. The third-order valence-corrected chi connectivity index (χ3v) is 2.39. The Bertz CT molecular complexity index is 324. The zero-order chi connectivity index (χ0) is 9.10. The van der Waals surface area contributed by atoms with Gasteiger partial charge in [0.25, 0.3) is 0 Å². The van der Waals surface area contributed by atoms with Gasteiger partial charge >= 0.3 is 0 Å². The topological polar surface area (TPSA) is 12.4 Å². The van der Waals surface area contributed by atoms with E-state index in [1.165, 1.54) is 5.56 Å². The average molecular weight is 171 g/mol. The highest BCUT2D eigenvalue weighted by Gasteiger charge is 2.16. The lowest BCUT2D eigenvalue weighted by Gasteiger charge is -2.19. The van der Waals surface area contributed by atoms with Crippen molar-refractivity contribution >= 4 is 6.21 Å². The maximum atomic E-state index is 4.47. The molecule has 2 atom stereocenters. The second-order valence-corrected chi connectivity index (χ2v) is 3.40. The number of dihydropyridines is 1. The summed E-state index contributed by atoms with van der Waals surface area (Å²) >= 11 is 0. The van der Waals surface area contributed by atoms with Gasteiger partial charge in [-0.25, -0.2) is 0 Å². The van der Waals surface area contributed by atoms with Gasteiger partial charge in [0, 0.05) is 12.1 Å². The minimum Gasteiger partial charge on any atom is -0.285 e. The summed E-state index contributed by atoms with van der Waals surface area (Å²) in [6.45, 7) is 2.20. The lowest BCUT2D eigenvalue weighted by atomic mass is 9.93. The number of rotatable bonds is 1. The van der Waals surface area contributed by atoms with E-state index in [9.17, 15) is 0 Å². The number of hydrogen-bond donors (Lipinski definition) is 0. The van der Waals surface area contributed by atoms with Gasteiger partial charge in [-0.3, -0.25) is 4.99 Å². The molecule has 2 unspecified atom stereocenters. The Balaban J connectivity index is 2.27. The molecular formula is C12H13N. The van der Waals surface area contributed by atoms with Crippen LogP contribution < -0.4 is 0 Å². The van der Waals surface area contributed by atoms with E-state index in [0.29, 0.717) is 12.0 Å². The Labute approximate surface area is 78.8 Å². The van der Waals surface area contributed by atoms with E-state index in [2.05, 4.69) is 42.3 Å². The van der Waals surface area contributed by atoms with Crippen molar-refractivity contribution in [3.63, 3.8) is 0 Å². The monoisotopic (exact) mass is 171 g/mol. The van der Waals surface area contributed by atoms with E-state index < -0.39 is 0 Å². The molecule has 0 spiro atoms. The average Bonchev–Trinajstić information content (AvgIpc) is 2.20. The summed E-state index contributed by atoms with van der Waals surface area (Å²) in [5, 5.41) is 0. The fourth-order valence-corrected chi connectivity index (χ4v) is 1.65. The summed E-state index contributed by atoms with van der Waals surface area (Å²) in [5.41, 5.74) is 1.30. The molecule has 1 heterocycles. The molecule has 1 aromatic rings. The largest absolute Gasteiger partial charge is 0.285 e. The quantitative estimate of drug-likeness (QED) is 0.616. The van der Waals surface area contributed by atoms with Crippen LogP contribution in [0.4, 0.5) is 0 Å². The third kappa shape index (κ3) is 1.69. The highest BCUT2D eigenvalue weighted by Crippen LogP contribution is 2.28. The van der Waals surface area contributed by atoms with E-state index in [1.807, 2.05) is 18.4 Å². The molecule has 0 saturated heterocycles. The number of benzene rings is 1. The number of allylic oxidation sites excluding steroid dienone is 1. The van der Waals surface area contributed by atoms with Gasteiger partial charge in [-0.05, 0) is 11.6 Å². The maximum Gasteiger partial charge on any atom is 0.0808 e. The first-order valence-corrected chi connectivity index (χ1v) is 4.63. The van der Waals surface area contributed by atoms with Crippen LogP contribution in [0.15, 0.2) is 47.5 Å². The van der Waals surface area contributed by atoms with Crippen LogP contribution in [0.3, 0.4) is 0 Å². The van der Waals surface area contributed by atoms with Crippen molar-refractivity contribution in [1.29, 1.82) is 0 Å². The summed E-state index contributed by atoms with van der Waals surface area (Å²) < 4.78 is 0. The molecule has 0 aromatic heterocycles. The Morgan fingerprint density at radius 3 is 2.62 bits per heavy atom. The van der Waals surface area contributed by atoms with Crippen LogP contribution in [0.1, 0.15) is 18.5 Å². The van der Waals surface area contributed by atoms with Crippen LogP contribution >= 0.6 is 0 Å². The first-order chi connectivity index (χ1) is 6.38. The molecular weight excluding hydrogens is 158 g/mol. The van der Waals surface area contributed by atoms with Crippen molar-refractivity contribution < 1.29 is 0 Å². The molecule has 0 aliphatic carbocycles. The van der Waals surface area contributed by atoms with Crippen LogP contribution in [0.5, 0.6) is 0 Å². The standard InChI is InChI=1S/C12H13N/c1-10-6-5-9-13-12(10)11-7-3-2-4-8-11/h2-10,12H,1H3. The molecule has 1 heteroatoms. The predicted octanol–water partition coefficient (Wildman–Crippen LogP) is 3.00. The summed E-state index contributed by atoms with van der Waals surface area (Å²) in [6, 6.07) is 10.8. The smallest absolute Gasteiger partial charge is 0.0808 e. The number of aliphatic imine (C=N–C) groups is 1. The van der Waals surface area contributed by atoms with Gasteiger partial charge in [0.15, 0.2) is 0 Å². The van der Waals surface area contributed by atoms with Crippen molar-refractivity contribution in [2.24, 2.45) is 10.9 Å². The lowest BCUT2D eigenvalue weighted by molar-refractivity contribution is 0.566. The van der Waals surface area contributed by atoms with E-state index in [-0.39, 0.29) is 0 Å². The molecule has 66 valence electrons. The van der Waals surface area contributed by atoms with Crippen molar-refractivity contribution in [1.82, 2.24) is 0 Å². The Morgan fingerprint density at radius 1 is 1.15 bits per heavy atom. The maximum absolute atomic E-state index is 4.47. The fraction of sp³-hybridized carbons (Fsp3) is 0.250. The first-order valence-electron chi connectivity index (χ1n) is 4.63. The van der Waals surface area contributed by atoms with E-state index in [0.717, 1.165) is 0 Å². The minimum atomic E-state index is 0.311. The Morgan fingerprint density at radius 2 is 1.92 bits per heavy atom. The zero-order valence-electron chi connectivity index (χ0n) is 7.72. The highest BCUT2D eigenvalue weighted by atomic mass is 14.8. The van der Waals surface area contributed by atoms with Gasteiger partial charge in [-0.15, -0.1) is 0 Å². The molecule has 1 nitrogen and oxygen atoms in total. The zero-order valence-corrected chi connectivity index (χ0v) is 7.72. The lowest BCUT2D eigenvalue weighted by Crippen LogP contribution is -2.08. The van der Waals surface area contributed by atoms with Crippen molar-refractivity contribution in [3.8, 4) is 0 Å². The normalized spacial score (nSPS) is 26.2. The van der Waals surface area contributed by atoms with E-state index in [1.54, 1.807) is 0 Å². The van der Waals surface area contributed by atoms with Gasteiger partial charge in [-0.1, -0.05) is 43.3 Å². The molecule has 0 fully saturated rings. The Hall–Kier alpha value is -1.37. The molecule has 0 amide bonds. The summed E-state index contributed by atoms with van der Waals surface area (Å²) in [4.78, 5) is 4.47. The minimum absolute atomic E-state index is 0.311. The summed E-state index contributed by atoms with van der Waals surface area (Å²) in [5.74, 6) is 0.507. The van der Waals surface area contributed by atoms with Crippen LogP contribution in [-0.2, 0) is 0 Å². The second kappa shape index (κ2) is 3.56. The molecule has 1 aliphatic rings. The Kier molecular flexibility index (Phi) is 2.26. The molecule has 0 radical (unpaired) electrons. The third-order valence-electron chi connectivity index (χ3n) is 2.39. The van der Waals surface area contributed by atoms with Crippen molar-refractivity contribution in [2.75, 3.05) is 0 Å². The molecule has 0 N–H and O–H groups in total.